The molecular formula is C5H14NO7P2+. The molecular weight excluding hydrogens is 248 g/mol. The van der Waals surface area contributed by atoms with Gasteiger partial charge < -0.3 is 9.79 Å². The highest BCUT2D eigenvalue weighted by Crippen LogP contribution is 2.51. The number of rotatable bonds is 5. The van der Waals surface area contributed by atoms with Crippen LogP contribution in [-0.2, 0) is 9.36 Å². The highest BCUT2D eigenvalue weighted by atomic mass is 31.2. The van der Waals surface area contributed by atoms with E-state index in [4.69, 9.17) is 24.5 Å². The summed E-state index contributed by atoms with van der Waals surface area (Å²) in [5, 5.41) is 0. The Hall–Kier alpha value is 0.0900. The molecule has 0 aliphatic heterocycles. The lowest BCUT2D eigenvalue weighted by Gasteiger charge is -2.23. The van der Waals surface area contributed by atoms with Gasteiger partial charge in [-0.3, -0.25) is 9.46 Å². The second-order valence-corrected chi connectivity index (χ2v) is 6.61. The van der Waals surface area contributed by atoms with Crippen molar-refractivity contribution in [2.45, 2.75) is 12.2 Å². The molecule has 0 aliphatic rings. The van der Waals surface area contributed by atoms with Gasteiger partial charge in [-0.05, 0) is 14.1 Å². The van der Waals surface area contributed by atoms with Gasteiger partial charge in [0, 0.05) is 0 Å². The van der Waals surface area contributed by atoms with Crippen molar-refractivity contribution in [2.75, 3.05) is 14.1 Å². The van der Waals surface area contributed by atoms with Crippen LogP contribution < -0.4 is 0 Å². The van der Waals surface area contributed by atoms with Gasteiger partial charge in [-0.25, -0.2) is 4.79 Å². The van der Waals surface area contributed by atoms with Crippen LogP contribution in [0, 0.1) is 0 Å². The van der Waals surface area contributed by atoms with E-state index >= 15 is 0 Å². The van der Waals surface area contributed by atoms with Gasteiger partial charge in [0.05, 0.1) is 6.42 Å². The molecule has 0 rings (SSSR count). The number of hydrogen-bond acceptors (Lipinski definition) is 6. The molecule has 0 saturated heterocycles. The highest BCUT2D eigenvalue weighted by Gasteiger charge is 2.46. The summed E-state index contributed by atoms with van der Waals surface area (Å²) in [5.41, 5.74) is -1.37. The fraction of sp³-hybridized carbons (Fsp3) is 0.800. The molecule has 0 saturated carbocycles. The molecule has 90 valence electrons. The van der Waals surface area contributed by atoms with E-state index in [1.165, 1.54) is 14.1 Å². The Labute approximate surface area is 86.9 Å². The zero-order valence-corrected chi connectivity index (χ0v) is 9.97. The molecule has 0 fully saturated rings. The van der Waals surface area contributed by atoms with Gasteiger partial charge in [-0.1, -0.05) is 0 Å². The van der Waals surface area contributed by atoms with E-state index in [9.17, 15) is 9.36 Å². The van der Waals surface area contributed by atoms with Gasteiger partial charge in [0.1, 0.15) is 5.78 Å². The Balaban J connectivity index is 4.74. The van der Waals surface area contributed by atoms with Gasteiger partial charge in [-0.15, -0.1) is 0 Å². The Morgan fingerprint density at radius 2 is 1.73 bits per heavy atom. The number of nitrogens with zero attached hydrogens (tertiary/aromatic N) is 1. The molecule has 0 aromatic rings. The maximum Gasteiger partial charge on any atom is 0.478 e. The van der Waals surface area contributed by atoms with Crippen molar-refractivity contribution in [1.29, 1.82) is 0 Å². The van der Waals surface area contributed by atoms with Gasteiger partial charge in [0.25, 0.3) is 0 Å². The normalized spacial score (nSPS) is 15.5. The predicted molar refractivity (Wildman–Crippen MR) is 52.7 cm³/mol. The first-order chi connectivity index (χ1) is 6.46. The molecule has 8 nitrogen and oxygen atoms in total. The van der Waals surface area contributed by atoms with Crippen LogP contribution >= 0.6 is 15.5 Å². The van der Waals surface area contributed by atoms with Crippen LogP contribution in [0.2, 0.25) is 0 Å². The maximum atomic E-state index is 11.0. The zero-order chi connectivity index (χ0) is 12.4. The van der Waals surface area contributed by atoms with E-state index in [0.29, 0.717) is 0 Å². The fourth-order valence-corrected chi connectivity index (χ4v) is 2.45. The van der Waals surface area contributed by atoms with Crippen molar-refractivity contribution in [2.24, 2.45) is 0 Å². The van der Waals surface area contributed by atoms with Crippen molar-refractivity contribution in [3.05, 3.63) is 0 Å². The van der Waals surface area contributed by atoms with Gasteiger partial charge in [-0.2, -0.15) is 14.7 Å². The van der Waals surface area contributed by atoms with E-state index in [-0.39, 0.29) is 0 Å². The highest BCUT2D eigenvalue weighted by molar-refractivity contribution is 7.76. The van der Waals surface area contributed by atoms with Crippen molar-refractivity contribution in [3.63, 3.8) is 0 Å². The van der Waals surface area contributed by atoms with Crippen molar-refractivity contribution in [3.8, 4) is 0 Å². The summed E-state index contributed by atoms with van der Waals surface area (Å²) in [6, 6.07) is 0. The smallest absolute Gasteiger partial charge is 0.323 e. The van der Waals surface area contributed by atoms with Crippen molar-refractivity contribution >= 4 is 21.1 Å². The minimum atomic E-state index is -4.68. The Morgan fingerprint density at radius 3 is 1.93 bits per heavy atom. The molecule has 1 unspecified atom stereocenters. The number of carbonyl (C=O) groups excluding carboxylic acids is 1. The maximum absolute atomic E-state index is 11.0. The van der Waals surface area contributed by atoms with Gasteiger partial charge in [0.15, 0.2) is 0 Å². The fourth-order valence-electron chi connectivity index (χ4n) is 0.881. The van der Waals surface area contributed by atoms with Crippen molar-refractivity contribution in [1.82, 2.24) is 4.90 Å². The summed E-state index contributed by atoms with van der Waals surface area (Å²) in [5.74, 6) is -1.48. The molecule has 0 aromatic carbocycles. The zero-order valence-electron chi connectivity index (χ0n) is 8.18. The molecule has 0 bridgehead atoms. The molecule has 5 N–H and O–H groups in total. The lowest BCUT2D eigenvalue weighted by Crippen LogP contribution is -2.30. The minimum absolute atomic E-state index is 0.825. The molecule has 0 spiro atoms. The van der Waals surface area contributed by atoms with Crippen LogP contribution in [0.1, 0.15) is 6.42 Å². The lowest BCUT2D eigenvalue weighted by molar-refractivity contribution is -0.114. The van der Waals surface area contributed by atoms with Gasteiger partial charge >= 0.3 is 21.1 Å². The van der Waals surface area contributed by atoms with Crippen LogP contribution in [0.5, 0.6) is 0 Å². The van der Waals surface area contributed by atoms with Crippen LogP contribution in [0.4, 0.5) is 0 Å². The van der Waals surface area contributed by atoms with E-state index in [1.54, 1.807) is 0 Å². The summed E-state index contributed by atoms with van der Waals surface area (Å²) >= 11 is 0. The first kappa shape index (κ1) is 15.1. The average Bonchev–Trinajstić information content (AvgIpc) is 1.94. The molecule has 0 amide bonds. The predicted octanol–water partition coefficient (Wildman–Crippen LogP) is -1.29. The van der Waals surface area contributed by atoms with Crippen molar-refractivity contribution < 1.29 is 33.8 Å². The van der Waals surface area contributed by atoms with E-state index in [2.05, 4.69) is 0 Å². The summed E-state index contributed by atoms with van der Waals surface area (Å²) < 4.78 is 10.9. The first-order valence-electron chi connectivity index (χ1n) is 3.78. The number of hydrogen-bond donors (Lipinski definition) is 5. The van der Waals surface area contributed by atoms with E-state index in [0.717, 1.165) is 4.90 Å². The SMILES string of the molecule is CN(C)C(CC(=O)[P+](O)(O)O)P(=O)(O)O. The quantitative estimate of drug-likeness (QED) is 0.385. The lowest BCUT2D eigenvalue weighted by atomic mass is 10.4. The third kappa shape index (κ3) is 5.10. The van der Waals surface area contributed by atoms with Crippen LogP contribution in [0.3, 0.4) is 0 Å². The minimum Gasteiger partial charge on any atom is -0.323 e. The molecule has 10 heteroatoms. The van der Waals surface area contributed by atoms with Crippen LogP contribution in [0.15, 0.2) is 0 Å². The second kappa shape index (κ2) is 4.95. The van der Waals surface area contributed by atoms with Crippen LogP contribution in [-0.4, -0.2) is 54.8 Å². The molecule has 0 heterocycles. The van der Waals surface area contributed by atoms with E-state index in [1.807, 2.05) is 0 Å². The van der Waals surface area contributed by atoms with E-state index < -0.39 is 33.3 Å². The molecule has 15 heavy (non-hydrogen) atoms. The summed E-state index contributed by atoms with van der Waals surface area (Å²) in [6.45, 7) is 0. The third-order valence-electron chi connectivity index (χ3n) is 1.68. The average molecular weight is 262 g/mol. The Morgan fingerprint density at radius 1 is 1.33 bits per heavy atom. The summed E-state index contributed by atoms with van der Waals surface area (Å²) in [7, 11) is -6.60. The Kier molecular flexibility index (Phi) is 4.98. The summed E-state index contributed by atoms with van der Waals surface area (Å²) in [6.07, 6.45) is -0.825. The van der Waals surface area contributed by atoms with Crippen LogP contribution in [0.25, 0.3) is 0 Å². The molecule has 0 aliphatic carbocycles. The number of carbonyl (C=O) groups is 1. The van der Waals surface area contributed by atoms with Gasteiger partial charge in [0.2, 0.25) is 0 Å². The monoisotopic (exact) mass is 262 g/mol. The molecule has 0 aromatic heterocycles. The third-order valence-corrected chi connectivity index (χ3v) is 3.95. The molecule has 0 radical (unpaired) electrons. The Bertz CT molecular complexity index is 280. The largest absolute Gasteiger partial charge is 0.478 e. The molecule has 1 atom stereocenters. The second-order valence-electron chi connectivity index (χ2n) is 3.20. The topological polar surface area (TPSA) is 139 Å². The first-order valence-corrected chi connectivity index (χ1v) is 7.11. The summed E-state index contributed by atoms with van der Waals surface area (Å²) in [4.78, 5) is 55.5. The standard InChI is InChI=1S/C5H13NO7P2/c1-6(2)4(14(8,9)10)3-5(7)15(11,12)13/h4,11-13H,3H2,1-2H3,(H-,8,9,10)/p+1.